The summed E-state index contributed by atoms with van der Waals surface area (Å²) < 4.78 is 4.85. The first-order valence-corrected chi connectivity index (χ1v) is 12.7. The van der Waals surface area contributed by atoms with Gasteiger partial charge in [0.2, 0.25) is 0 Å². The molecule has 0 fully saturated rings. The molecule has 216 valence electrons. The van der Waals surface area contributed by atoms with Gasteiger partial charge in [-0.3, -0.25) is 14.5 Å². The predicted octanol–water partition coefficient (Wildman–Crippen LogP) is 1.06. The molecule has 0 aliphatic heterocycles. The topological polar surface area (TPSA) is 194 Å². The van der Waals surface area contributed by atoms with Crippen LogP contribution in [-0.2, 0) is 22.5 Å². The van der Waals surface area contributed by atoms with Crippen molar-refractivity contribution in [2.75, 3.05) is 27.7 Å². The highest BCUT2D eigenvalue weighted by atomic mass is 16.5. The minimum absolute atomic E-state index is 0.0125. The summed E-state index contributed by atoms with van der Waals surface area (Å²) in [6.07, 6.45) is 1.05. The average molecular weight is 558 g/mol. The van der Waals surface area contributed by atoms with Crippen molar-refractivity contribution >= 4 is 17.8 Å². The quantitative estimate of drug-likeness (QED) is 0.275. The Bertz CT molecular complexity index is 1360. The molecule has 0 aromatic heterocycles. The summed E-state index contributed by atoms with van der Waals surface area (Å²) >= 11 is 0. The van der Waals surface area contributed by atoms with Crippen LogP contribution in [0.2, 0.25) is 0 Å². The van der Waals surface area contributed by atoms with Gasteiger partial charge < -0.3 is 40.9 Å². The Balaban J connectivity index is 1.91. The lowest BCUT2D eigenvalue weighted by Crippen LogP contribution is -2.70. The zero-order valence-electron chi connectivity index (χ0n) is 22.8. The van der Waals surface area contributed by atoms with Crippen LogP contribution in [0, 0.1) is 11.8 Å². The number of hydrogen-bond donors (Lipinski definition) is 6. The lowest BCUT2D eigenvalue weighted by molar-refractivity contribution is -0.183. The van der Waals surface area contributed by atoms with E-state index in [1.807, 2.05) is 0 Å². The van der Waals surface area contributed by atoms with Crippen molar-refractivity contribution in [1.82, 2.24) is 9.80 Å². The number of rotatable bonds is 6. The third kappa shape index (κ3) is 3.97. The highest BCUT2D eigenvalue weighted by Gasteiger charge is 2.68. The molecule has 0 bridgehead atoms. The summed E-state index contributed by atoms with van der Waals surface area (Å²) in [4.78, 5) is 41.5. The summed E-state index contributed by atoms with van der Waals surface area (Å²) in [7, 11) is 4.43. The summed E-state index contributed by atoms with van der Waals surface area (Å²) in [6, 6.07) is 1.85. The first-order valence-electron chi connectivity index (χ1n) is 12.7. The number of allylic oxidation sites excluding steroid dienone is 1. The second kappa shape index (κ2) is 9.95. The molecule has 0 saturated heterocycles. The molecule has 1 unspecified atom stereocenters. The van der Waals surface area contributed by atoms with E-state index in [-0.39, 0.29) is 42.8 Å². The van der Waals surface area contributed by atoms with Gasteiger partial charge in [0.1, 0.15) is 22.9 Å². The van der Waals surface area contributed by atoms with Gasteiger partial charge in [0.05, 0.1) is 24.3 Å². The molecule has 40 heavy (non-hydrogen) atoms. The van der Waals surface area contributed by atoms with Crippen LogP contribution in [0.5, 0.6) is 5.75 Å². The van der Waals surface area contributed by atoms with Gasteiger partial charge in [-0.25, -0.2) is 4.79 Å². The van der Waals surface area contributed by atoms with E-state index < -0.39 is 64.0 Å². The minimum Gasteiger partial charge on any atom is -0.510 e. The van der Waals surface area contributed by atoms with Crippen LogP contribution in [0.3, 0.4) is 0 Å². The van der Waals surface area contributed by atoms with Crippen LogP contribution in [-0.4, -0.2) is 98.1 Å². The number of aliphatic hydroxyl groups excluding tert-OH is 2. The van der Waals surface area contributed by atoms with Crippen LogP contribution in [0.15, 0.2) is 47.5 Å². The Hall–Kier alpha value is -3.87. The zero-order chi connectivity index (χ0) is 29.9. The third-order valence-electron chi connectivity index (χ3n) is 8.50. The van der Waals surface area contributed by atoms with Gasteiger partial charge in [0.15, 0.2) is 11.4 Å². The number of benzene rings is 1. The SMILES string of the molecule is C=CCN(Cc1ccc(O)c2c1C[C@H]1C[C@H]3[C@H](N(C)C)C(O)=C(C(N)=O)C(C)(O)[C@@]3(O)C(O)=C1C2=O)C(=O)OC. The van der Waals surface area contributed by atoms with Crippen LogP contribution < -0.4 is 5.73 Å². The number of ketones is 1. The van der Waals surface area contributed by atoms with E-state index in [1.54, 1.807) is 20.2 Å². The van der Waals surface area contributed by atoms with E-state index in [9.17, 15) is 39.9 Å². The van der Waals surface area contributed by atoms with E-state index in [4.69, 9.17) is 10.5 Å². The second-order valence-electron chi connectivity index (χ2n) is 10.9. The Morgan fingerprint density at radius 2 is 1.88 bits per heavy atom. The molecule has 0 spiro atoms. The fourth-order valence-corrected chi connectivity index (χ4v) is 6.73. The number of carbonyl (C=O) groups excluding carboxylic acids is 3. The van der Waals surface area contributed by atoms with Gasteiger partial charge >= 0.3 is 6.09 Å². The maximum atomic E-state index is 13.9. The lowest BCUT2D eigenvalue weighted by atomic mass is 9.54. The van der Waals surface area contributed by atoms with Crippen LogP contribution in [0.1, 0.15) is 34.8 Å². The number of hydrogen-bond acceptors (Lipinski definition) is 10. The number of phenols is 1. The normalized spacial score (nSPS) is 29.5. The summed E-state index contributed by atoms with van der Waals surface area (Å²) in [5, 5.41) is 56.9. The fraction of sp³-hybridized carbons (Fsp3) is 0.464. The largest absolute Gasteiger partial charge is 0.510 e. The maximum absolute atomic E-state index is 13.9. The molecule has 5 atom stereocenters. The van der Waals surface area contributed by atoms with E-state index in [1.165, 1.54) is 29.1 Å². The summed E-state index contributed by atoms with van der Waals surface area (Å²) in [5.74, 6) is -5.47. The molecule has 0 radical (unpaired) electrons. The average Bonchev–Trinajstić information content (AvgIpc) is 2.86. The number of aromatic hydroxyl groups is 1. The van der Waals surface area contributed by atoms with Gasteiger partial charge in [-0.2, -0.15) is 0 Å². The third-order valence-corrected chi connectivity index (χ3v) is 8.50. The van der Waals surface area contributed by atoms with Crippen molar-refractivity contribution in [2.24, 2.45) is 17.6 Å². The smallest absolute Gasteiger partial charge is 0.410 e. The molecule has 1 aromatic rings. The van der Waals surface area contributed by atoms with Crippen molar-refractivity contribution in [3.8, 4) is 5.75 Å². The number of phenolic OH excluding ortho intramolecular Hbond substituents is 1. The molecule has 0 heterocycles. The van der Waals surface area contributed by atoms with Crippen molar-refractivity contribution < 1.29 is 44.7 Å². The van der Waals surface area contributed by atoms with Gasteiger partial charge in [-0.05, 0) is 57.0 Å². The molecule has 2 amide bonds. The summed E-state index contributed by atoms with van der Waals surface area (Å²) in [6.45, 7) is 4.91. The molecule has 1 aromatic carbocycles. The van der Waals surface area contributed by atoms with Crippen molar-refractivity contribution in [1.29, 1.82) is 0 Å². The number of nitrogens with two attached hydrogens (primary N) is 1. The van der Waals surface area contributed by atoms with Gasteiger partial charge in [-0.1, -0.05) is 12.1 Å². The zero-order valence-corrected chi connectivity index (χ0v) is 22.8. The van der Waals surface area contributed by atoms with Gasteiger partial charge in [-0.15, -0.1) is 6.58 Å². The first-order chi connectivity index (χ1) is 18.6. The number of primary amides is 1. The first kappa shape index (κ1) is 29.1. The Morgan fingerprint density at radius 1 is 1.23 bits per heavy atom. The number of Topliss-reactive ketones (excluding diaryl/α,β-unsaturated/α-hetero) is 1. The highest BCUT2D eigenvalue weighted by molar-refractivity contribution is 6.13. The van der Waals surface area contributed by atoms with Gasteiger partial charge in [0, 0.05) is 24.6 Å². The van der Waals surface area contributed by atoms with E-state index >= 15 is 0 Å². The Labute approximate surface area is 231 Å². The molecule has 12 heteroatoms. The standard InChI is InChI=1S/C28H35N3O9/c1-6-9-31(26(37)40-5)12-13-7-8-17(32)19-15(13)10-14-11-16-21(30(3)4)23(34)20(25(29)36)27(2,38)28(16,39)24(35)18(14)22(19)33/h6-8,14,16,21,32,34-35,38-39H,1,9-12H2,2-5H3,(H2,29,36)/t14-,16-,21-,27?,28-/m0/s1. The van der Waals surface area contributed by atoms with E-state index in [0.717, 1.165) is 6.92 Å². The number of likely N-dealkylation sites (N-methyl/N-ethyl adjacent to an activating group) is 1. The maximum Gasteiger partial charge on any atom is 0.410 e. The number of methoxy groups -OCH3 is 1. The summed E-state index contributed by atoms with van der Waals surface area (Å²) in [5.41, 5.74) is 0.387. The van der Waals surface area contributed by atoms with Crippen molar-refractivity contribution in [3.63, 3.8) is 0 Å². The molecule has 3 aliphatic rings. The fourth-order valence-electron chi connectivity index (χ4n) is 6.73. The van der Waals surface area contributed by atoms with E-state index in [2.05, 4.69) is 6.58 Å². The number of carbonyl (C=O) groups is 3. The monoisotopic (exact) mass is 557 g/mol. The van der Waals surface area contributed by atoms with Crippen LogP contribution in [0.4, 0.5) is 4.79 Å². The van der Waals surface area contributed by atoms with E-state index in [0.29, 0.717) is 11.1 Å². The number of fused-ring (bicyclic) bond motifs is 3. The number of ether oxygens (including phenoxy) is 1. The molecule has 0 saturated carbocycles. The molecule has 7 N–H and O–H groups in total. The molecule has 3 aliphatic carbocycles. The number of nitrogens with zero attached hydrogens (tertiary/aromatic N) is 2. The van der Waals surface area contributed by atoms with Crippen molar-refractivity contribution in [3.05, 3.63) is 64.1 Å². The second-order valence-corrected chi connectivity index (χ2v) is 10.9. The minimum atomic E-state index is -2.57. The number of amides is 2. The number of aliphatic hydroxyl groups is 4. The predicted molar refractivity (Wildman–Crippen MR) is 142 cm³/mol. The Kier molecular flexibility index (Phi) is 7.24. The lowest BCUT2D eigenvalue weighted by Gasteiger charge is -2.56. The molecular weight excluding hydrogens is 522 g/mol. The van der Waals surface area contributed by atoms with Crippen LogP contribution >= 0.6 is 0 Å². The Morgan fingerprint density at radius 3 is 2.42 bits per heavy atom. The van der Waals surface area contributed by atoms with Crippen molar-refractivity contribution in [2.45, 2.75) is 43.6 Å². The molecule has 12 nitrogen and oxygen atoms in total. The van der Waals surface area contributed by atoms with Crippen LogP contribution in [0.25, 0.3) is 0 Å². The molecular formula is C28H35N3O9. The van der Waals surface area contributed by atoms with Gasteiger partial charge in [0.25, 0.3) is 5.91 Å². The molecule has 4 rings (SSSR count). The highest BCUT2D eigenvalue weighted by Crippen LogP contribution is 2.56.